The summed E-state index contributed by atoms with van der Waals surface area (Å²) in [5, 5.41) is 6.20. The van der Waals surface area contributed by atoms with Gasteiger partial charge >= 0.3 is 0 Å². The highest BCUT2D eigenvalue weighted by Crippen LogP contribution is 2.24. The van der Waals surface area contributed by atoms with Gasteiger partial charge in [-0.1, -0.05) is 0 Å². The van der Waals surface area contributed by atoms with Gasteiger partial charge in [0.1, 0.15) is 17.3 Å². The lowest BCUT2D eigenvalue weighted by Gasteiger charge is -2.10. The van der Waals surface area contributed by atoms with E-state index in [1.54, 1.807) is 30.3 Å². The van der Waals surface area contributed by atoms with Crippen LogP contribution >= 0.6 is 0 Å². The van der Waals surface area contributed by atoms with Gasteiger partial charge in [0, 0.05) is 6.07 Å². The van der Waals surface area contributed by atoms with Crippen molar-refractivity contribution < 1.29 is 23.5 Å². The van der Waals surface area contributed by atoms with Crippen molar-refractivity contribution in [2.45, 2.75) is 0 Å². The average molecular weight is 331 g/mol. The maximum absolute atomic E-state index is 12.1. The Bertz CT molecular complexity index is 725. The third-order valence-corrected chi connectivity index (χ3v) is 2.99. The number of ether oxygens (including phenoxy) is 2. The van der Waals surface area contributed by atoms with Crippen molar-refractivity contribution in [3.63, 3.8) is 0 Å². The SMILES string of the molecule is COc1ccc(C(=O)NCC(=O)N/N=C/c2ccco2)c(OC)c1. The highest BCUT2D eigenvalue weighted by atomic mass is 16.5. The molecule has 8 heteroatoms. The lowest BCUT2D eigenvalue weighted by molar-refractivity contribution is -0.120. The van der Waals surface area contributed by atoms with Crippen LogP contribution in [0.2, 0.25) is 0 Å². The Kier molecular flexibility index (Phi) is 5.95. The molecule has 0 radical (unpaired) electrons. The van der Waals surface area contributed by atoms with Crippen LogP contribution in [0.4, 0.5) is 0 Å². The molecule has 2 N–H and O–H groups in total. The van der Waals surface area contributed by atoms with Crippen LogP contribution in [-0.2, 0) is 4.79 Å². The van der Waals surface area contributed by atoms with Crippen molar-refractivity contribution in [3.05, 3.63) is 47.9 Å². The number of carbonyl (C=O) groups excluding carboxylic acids is 2. The van der Waals surface area contributed by atoms with Gasteiger partial charge in [-0.3, -0.25) is 9.59 Å². The van der Waals surface area contributed by atoms with E-state index >= 15 is 0 Å². The minimum absolute atomic E-state index is 0.233. The molecule has 1 aromatic carbocycles. The van der Waals surface area contributed by atoms with Gasteiger partial charge in [0.05, 0.1) is 38.8 Å². The zero-order valence-corrected chi connectivity index (χ0v) is 13.2. The topological polar surface area (TPSA) is 102 Å². The molecule has 0 bridgehead atoms. The minimum atomic E-state index is -0.473. The first-order valence-corrected chi connectivity index (χ1v) is 6.99. The van der Waals surface area contributed by atoms with Gasteiger partial charge in [-0.25, -0.2) is 5.43 Å². The molecule has 2 rings (SSSR count). The van der Waals surface area contributed by atoms with Crippen LogP contribution in [0, 0.1) is 0 Å². The number of hydrogen-bond donors (Lipinski definition) is 2. The smallest absolute Gasteiger partial charge is 0.259 e. The summed E-state index contributed by atoms with van der Waals surface area (Å²) in [4.78, 5) is 23.8. The summed E-state index contributed by atoms with van der Waals surface area (Å²) >= 11 is 0. The first kappa shape index (κ1) is 17.1. The molecule has 126 valence electrons. The lowest BCUT2D eigenvalue weighted by Crippen LogP contribution is -2.35. The zero-order chi connectivity index (χ0) is 17.4. The standard InChI is InChI=1S/C16H17N3O5/c1-22-11-5-6-13(14(8-11)23-2)16(21)17-10-15(20)19-18-9-12-4-3-7-24-12/h3-9H,10H2,1-2H3,(H,17,21)(H,19,20)/b18-9+. The third-order valence-electron chi connectivity index (χ3n) is 2.99. The molecule has 0 atom stereocenters. The molecular weight excluding hydrogens is 314 g/mol. The number of amides is 2. The van der Waals surface area contributed by atoms with Crippen molar-refractivity contribution in [2.75, 3.05) is 20.8 Å². The van der Waals surface area contributed by atoms with Crippen LogP contribution in [0.25, 0.3) is 0 Å². The monoisotopic (exact) mass is 331 g/mol. The van der Waals surface area contributed by atoms with Gasteiger partial charge in [0.2, 0.25) is 0 Å². The van der Waals surface area contributed by atoms with Gasteiger partial charge < -0.3 is 19.2 Å². The number of hydrazone groups is 1. The molecule has 0 fully saturated rings. The Morgan fingerprint density at radius 3 is 2.75 bits per heavy atom. The van der Waals surface area contributed by atoms with E-state index in [1.165, 1.54) is 26.7 Å². The fourth-order valence-corrected chi connectivity index (χ4v) is 1.81. The molecule has 8 nitrogen and oxygen atoms in total. The number of furan rings is 1. The third kappa shape index (κ3) is 4.60. The number of benzene rings is 1. The van der Waals surface area contributed by atoms with E-state index in [-0.39, 0.29) is 6.54 Å². The van der Waals surface area contributed by atoms with E-state index in [4.69, 9.17) is 13.9 Å². The van der Waals surface area contributed by atoms with Crippen molar-refractivity contribution in [3.8, 4) is 11.5 Å². The van der Waals surface area contributed by atoms with Gasteiger partial charge in [0.15, 0.2) is 0 Å². The van der Waals surface area contributed by atoms with E-state index in [1.807, 2.05) is 0 Å². The van der Waals surface area contributed by atoms with Crippen molar-refractivity contribution in [1.82, 2.24) is 10.7 Å². The van der Waals surface area contributed by atoms with E-state index in [9.17, 15) is 9.59 Å². The molecule has 0 spiro atoms. The van der Waals surface area contributed by atoms with Crippen molar-refractivity contribution in [1.29, 1.82) is 0 Å². The van der Waals surface area contributed by atoms with E-state index in [0.29, 0.717) is 22.8 Å². The maximum Gasteiger partial charge on any atom is 0.259 e. The summed E-state index contributed by atoms with van der Waals surface area (Å²) in [6, 6.07) is 8.16. The maximum atomic E-state index is 12.1. The molecule has 2 aromatic rings. The normalized spacial score (nSPS) is 10.4. The Hall–Kier alpha value is -3.29. The molecule has 0 aliphatic rings. The molecule has 0 unspecified atom stereocenters. The summed E-state index contributed by atoms with van der Waals surface area (Å²) in [5.41, 5.74) is 2.58. The molecule has 1 heterocycles. The van der Waals surface area contributed by atoms with Crippen molar-refractivity contribution >= 4 is 18.0 Å². The Labute approximate surface area is 138 Å². The number of nitrogens with one attached hydrogen (secondary N) is 2. The van der Waals surface area contributed by atoms with E-state index in [0.717, 1.165) is 0 Å². The molecule has 2 amide bonds. The Balaban J connectivity index is 1.87. The molecule has 0 aliphatic heterocycles. The Morgan fingerprint density at radius 2 is 2.08 bits per heavy atom. The van der Waals surface area contributed by atoms with Gasteiger partial charge in [-0.15, -0.1) is 0 Å². The average Bonchev–Trinajstić information content (AvgIpc) is 3.12. The highest BCUT2D eigenvalue weighted by molar-refractivity contribution is 5.99. The van der Waals surface area contributed by atoms with Crippen LogP contribution in [0.1, 0.15) is 16.1 Å². The summed E-state index contributed by atoms with van der Waals surface area (Å²) in [7, 11) is 2.96. The van der Waals surface area contributed by atoms with Crippen molar-refractivity contribution in [2.24, 2.45) is 5.10 Å². The number of nitrogens with zero attached hydrogens (tertiary/aromatic N) is 1. The number of rotatable bonds is 7. The second-order valence-electron chi connectivity index (χ2n) is 4.56. The van der Waals surface area contributed by atoms with Crippen LogP contribution in [0.15, 0.2) is 46.1 Å². The minimum Gasteiger partial charge on any atom is -0.497 e. The van der Waals surface area contributed by atoms with Crippen LogP contribution in [0.5, 0.6) is 11.5 Å². The molecule has 0 saturated heterocycles. The second kappa shape index (κ2) is 8.37. The first-order chi connectivity index (χ1) is 11.6. The van der Waals surface area contributed by atoms with Gasteiger partial charge in [-0.2, -0.15) is 5.10 Å². The second-order valence-corrected chi connectivity index (χ2v) is 4.56. The summed E-state index contributed by atoms with van der Waals surface area (Å²) in [6.45, 7) is -0.233. The van der Waals surface area contributed by atoms with Crippen LogP contribution < -0.4 is 20.2 Å². The summed E-state index contributed by atoms with van der Waals surface area (Å²) in [6.07, 6.45) is 2.85. The fraction of sp³-hybridized carbons (Fsp3) is 0.188. The highest BCUT2D eigenvalue weighted by Gasteiger charge is 2.14. The number of hydrogen-bond acceptors (Lipinski definition) is 6. The first-order valence-electron chi connectivity index (χ1n) is 6.99. The van der Waals surface area contributed by atoms with E-state index < -0.39 is 11.8 Å². The molecule has 1 aromatic heterocycles. The van der Waals surface area contributed by atoms with Gasteiger partial charge in [0.25, 0.3) is 11.8 Å². The predicted octanol–water partition coefficient (Wildman–Crippen LogP) is 1.18. The van der Waals surface area contributed by atoms with Crippen LogP contribution in [0.3, 0.4) is 0 Å². The molecular formula is C16H17N3O5. The fourth-order valence-electron chi connectivity index (χ4n) is 1.81. The molecule has 0 saturated carbocycles. The lowest BCUT2D eigenvalue weighted by atomic mass is 10.1. The quantitative estimate of drug-likeness (QED) is 0.586. The predicted molar refractivity (Wildman–Crippen MR) is 86.3 cm³/mol. The zero-order valence-electron chi connectivity index (χ0n) is 13.2. The number of methoxy groups -OCH3 is 2. The van der Waals surface area contributed by atoms with Crippen LogP contribution in [-0.4, -0.2) is 38.8 Å². The molecule has 0 aliphatic carbocycles. The summed E-state index contributed by atoms with van der Waals surface area (Å²) < 4.78 is 15.2. The number of carbonyl (C=O) groups is 2. The Morgan fingerprint density at radius 1 is 1.25 bits per heavy atom. The summed E-state index contributed by atoms with van der Waals surface area (Å²) in [5.74, 6) is 0.497. The van der Waals surface area contributed by atoms with E-state index in [2.05, 4.69) is 15.8 Å². The largest absolute Gasteiger partial charge is 0.497 e. The molecule has 24 heavy (non-hydrogen) atoms. The van der Waals surface area contributed by atoms with Gasteiger partial charge in [-0.05, 0) is 24.3 Å².